The van der Waals surface area contributed by atoms with Crippen LogP contribution in [0.25, 0.3) is 0 Å². The van der Waals surface area contributed by atoms with E-state index >= 15 is 0 Å². The van der Waals surface area contributed by atoms with Crippen molar-refractivity contribution in [2.24, 2.45) is 0 Å². The topological polar surface area (TPSA) is 32.3 Å². The van der Waals surface area contributed by atoms with Crippen LogP contribution >= 0.6 is 11.8 Å². The van der Waals surface area contributed by atoms with Crippen LogP contribution in [0.4, 0.5) is 10.5 Å². The first kappa shape index (κ1) is 10.0. The molecule has 2 fully saturated rings. The molecular formula is C12H14N2OS. The molecule has 1 N–H and O–H groups in total. The summed E-state index contributed by atoms with van der Waals surface area (Å²) in [6.45, 7) is 0.911. The van der Waals surface area contributed by atoms with Gasteiger partial charge in [-0.2, -0.15) is 11.8 Å². The van der Waals surface area contributed by atoms with Gasteiger partial charge in [0, 0.05) is 29.3 Å². The highest BCUT2D eigenvalue weighted by Gasteiger charge is 2.40. The Labute approximate surface area is 99.2 Å². The molecule has 1 aromatic carbocycles. The molecule has 16 heavy (non-hydrogen) atoms. The fraction of sp³-hybridized carbons (Fsp3) is 0.417. The maximum Gasteiger partial charge on any atom is 0.322 e. The van der Waals surface area contributed by atoms with Crippen LogP contribution in [0.5, 0.6) is 0 Å². The van der Waals surface area contributed by atoms with Crippen molar-refractivity contribution in [2.75, 3.05) is 17.6 Å². The average molecular weight is 234 g/mol. The zero-order valence-electron chi connectivity index (χ0n) is 8.93. The zero-order chi connectivity index (χ0) is 11.0. The second-order valence-corrected chi connectivity index (χ2v) is 5.63. The monoisotopic (exact) mass is 234 g/mol. The normalized spacial score (nSPS) is 27.1. The number of benzene rings is 1. The van der Waals surface area contributed by atoms with Gasteiger partial charge in [0.15, 0.2) is 0 Å². The molecule has 3 rings (SSSR count). The van der Waals surface area contributed by atoms with Gasteiger partial charge in [0.25, 0.3) is 0 Å². The van der Waals surface area contributed by atoms with Gasteiger partial charge < -0.3 is 10.2 Å². The molecule has 1 aromatic rings. The van der Waals surface area contributed by atoms with Gasteiger partial charge in [-0.1, -0.05) is 18.2 Å². The van der Waals surface area contributed by atoms with Gasteiger partial charge in [0.05, 0.1) is 0 Å². The lowest BCUT2D eigenvalue weighted by molar-refractivity contribution is 0.210. The van der Waals surface area contributed by atoms with Crippen LogP contribution in [0.2, 0.25) is 0 Å². The molecule has 2 amide bonds. The average Bonchev–Trinajstić information content (AvgIpc) is 2.92. The Hall–Kier alpha value is -1.16. The van der Waals surface area contributed by atoms with Crippen molar-refractivity contribution in [1.29, 1.82) is 0 Å². The van der Waals surface area contributed by atoms with E-state index in [1.807, 2.05) is 47.0 Å². The van der Waals surface area contributed by atoms with E-state index in [9.17, 15) is 4.79 Å². The quantitative estimate of drug-likeness (QED) is 0.809. The minimum Gasteiger partial charge on any atom is -0.320 e. The van der Waals surface area contributed by atoms with Crippen molar-refractivity contribution in [3.05, 3.63) is 30.3 Å². The number of fused-ring (bicyclic) bond motifs is 2. The molecule has 0 saturated carbocycles. The number of nitrogens with zero attached hydrogens (tertiary/aromatic N) is 1. The van der Waals surface area contributed by atoms with E-state index < -0.39 is 0 Å². The number of thioether (sulfide) groups is 1. The zero-order valence-corrected chi connectivity index (χ0v) is 9.74. The lowest BCUT2D eigenvalue weighted by Crippen LogP contribution is -2.41. The first-order chi connectivity index (χ1) is 7.83. The highest BCUT2D eigenvalue weighted by Crippen LogP contribution is 2.37. The lowest BCUT2D eigenvalue weighted by Gasteiger charge is -2.26. The van der Waals surface area contributed by atoms with Crippen LogP contribution in [0.1, 0.15) is 6.42 Å². The Bertz CT molecular complexity index is 395. The number of likely N-dealkylation sites (tertiary alicyclic amines) is 1. The summed E-state index contributed by atoms with van der Waals surface area (Å²) < 4.78 is 0. The van der Waals surface area contributed by atoms with Gasteiger partial charge in [0.1, 0.15) is 0 Å². The van der Waals surface area contributed by atoms with Gasteiger partial charge in [-0.15, -0.1) is 0 Å². The molecular weight excluding hydrogens is 220 g/mol. The van der Waals surface area contributed by atoms with Crippen LogP contribution in [-0.2, 0) is 0 Å². The molecule has 4 heteroatoms. The predicted molar refractivity (Wildman–Crippen MR) is 66.8 cm³/mol. The number of nitrogens with one attached hydrogen (secondary N) is 1. The molecule has 2 atom stereocenters. The second kappa shape index (κ2) is 4.01. The summed E-state index contributed by atoms with van der Waals surface area (Å²) in [5.74, 6) is 1.10. The molecule has 2 bridgehead atoms. The largest absolute Gasteiger partial charge is 0.322 e. The number of carbonyl (C=O) groups is 1. The molecule has 84 valence electrons. The summed E-state index contributed by atoms with van der Waals surface area (Å²) in [5.41, 5.74) is 0.878. The summed E-state index contributed by atoms with van der Waals surface area (Å²) in [6.07, 6.45) is 1.17. The van der Waals surface area contributed by atoms with Crippen molar-refractivity contribution in [1.82, 2.24) is 4.90 Å². The first-order valence-corrected chi connectivity index (χ1v) is 6.62. The molecule has 0 radical (unpaired) electrons. The van der Waals surface area contributed by atoms with Crippen molar-refractivity contribution in [3.63, 3.8) is 0 Å². The third kappa shape index (κ3) is 1.78. The van der Waals surface area contributed by atoms with E-state index in [2.05, 4.69) is 5.32 Å². The second-order valence-electron chi connectivity index (χ2n) is 4.29. The summed E-state index contributed by atoms with van der Waals surface area (Å²) in [5, 5.41) is 3.62. The molecule has 0 spiro atoms. The molecule has 0 aromatic heterocycles. The number of anilines is 1. The van der Waals surface area contributed by atoms with Gasteiger partial charge in [0.2, 0.25) is 0 Å². The highest BCUT2D eigenvalue weighted by molar-refractivity contribution is 8.00. The fourth-order valence-corrected chi connectivity index (χ4v) is 3.80. The molecule has 0 unspecified atom stereocenters. The predicted octanol–water partition coefficient (Wildman–Crippen LogP) is 2.41. The van der Waals surface area contributed by atoms with Gasteiger partial charge in [-0.05, 0) is 18.6 Å². The number of hydrogen-bond donors (Lipinski definition) is 1. The van der Waals surface area contributed by atoms with Crippen LogP contribution in [0.3, 0.4) is 0 Å². The van der Waals surface area contributed by atoms with E-state index in [1.165, 1.54) is 6.42 Å². The molecule has 3 nitrogen and oxygen atoms in total. The van der Waals surface area contributed by atoms with Gasteiger partial charge in [-0.25, -0.2) is 4.79 Å². The van der Waals surface area contributed by atoms with E-state index in [-0.39, 0.29) is 6.03 Å². The van der Waals surface area contributed by atoms with Gasteiger partial charge >= 0.3 is 6.03 Å². The maximum atomic E-state index is 12.0. The molecule has 2 saturated heterocycles. The minimum atomic E-state index is 0.0546. The molecule has 2 aliphatic heterocycles. The van der Waals surface area contributed by atoms with Crippen LogP contribution in [0, 0.1) is 0 Å². The summed E-state index contributed by atoms with van der Waals surface area (Å²) in [4.78, 5) is 14.0. The van der Waals surface area contributed by atoms with E-state index in [4.69, 9.17) is 0 Å². The molecule has 0 aliphatic carbocycles. The van der Waals surface area contributed by atoms with Gasteiger partial charge in [-0.3, -0.25) is 0 Å². The van der Waals surface area contributed by atoms with Crippen LogP contribution in [-0.4, -0.2) is 34.5 Å². The van der Waals surface area contributed by atoms with E-state index in [0.717, 1.165) is 18.0 Å². The third-order valence-corrected chi connectivity index (χ3v) is 4.58. The van der Waals surface area contributed by atoms with Crippen molar-refractivity contribution in [2.45, 2.75) is 17.7 Å². The minimum absolute atomic E-state index is 0.0546. The number of amides is 2. The Morgan fingerprint density at radius 2 is 2.19 bits per heavy atom. The van der Waals surface area contributed by atoms with E-state index in [0.29, 0.717) is 11.3 Å². The van der Waals surface area contributed by atoms with Crippen molar-refractivity contribution in [3.8, 4) is 0 Å². The fourth-order valence-electron chi connectivity index (χ4n) is 2.37. The number of para-hydroxylation sites is 1. The summed E-state index contributed by atoms with van der Waals surface area (Å²) in [6, 6.07) is 10.2. The number of rotatable bonds is 1. The Balaban J connectivity index is 1.66. The van der Waals surface area contributed by atoms with Crippen molar-refractivity contribution < 1.29 is 4.79 Å². The number of urea groups is 1. The third-order valence-electron chi connectivity index (χ3n) is 3.19. The summed E-state index contributed by atoms with van der Waals surface area (Å²) >= 11 is 2.00. The van der Waals surface area contributed by atoms with Crippen molar-refractivity contribution >= 4 is 23.5 Å². The SMILES string of the molecule is O=C(Nc1ccccc1)N1C[C@@H]2C[C@H]1CS2. The molecule has 2 heterocycles. The standard InChI is InChI=1S/C12H14N2OS/c15-12(13-9-4-2-1-3-5-9)14-7-11-6-10(14)8-16-11/h1-5,10-11H,6-8H2,(H,13,15)/t10-,11-/m0/s1. The lowest BCUT2D eigenvalue weighted by atomic mass is 10.2. The number of hydrogen-bond acceptors (Lipinski definition) is 2. The highest BCUT2D eigenvalue weighted by atomic mass is 32.2. The van der Waals surface area contributed by atoms with E-state index in [1.54, 1.807) is 0 Å². The van der Waals surface area contributed by atoms with Crippen LogP contribution < -0.4 is 5.32 Å². The maximum absolute atomic E-state index is 12.0. The van der Waals surface area contributed by atoms with Crippen LogP contribution in [0.15, 0.2) is 30.3 Å². The number of carbonyl (C=O) groups excluding carboxylic acids is 1. The Morgan fingerprint density at radius 3 is 2.81 bits per heavy atom. The molecule has 2 aliphatic rings. The Kier molecular flexibility index (Phi) is 2.52. The smallest absolute Gasteiger partial charge is 0.320 e. The first-order valence-electron chi connectivity index (χ1n) is 5.57. The Morgan fingerprint density at radius 1 is 1.38 bits per heavy atom. The summed E-state index contributed by atoms with van der Waals surface area (Å²) in [7, 11) is 0.